The van der Waals surface area contributed by atoms with E-state index in [1.54, 1.807) is 0 Å². The Hall–Kier alpha value is -2.46. The first-order chi connectivity index (χ1) is 10.7. The van der Waals surface area contributed by atoms with Crippen LogP contribution >= 0.6 is 0 Å². The number of rotatable bonds is 5. The summed E-state index contributed by atoms with van der Waals surface area (Å²) in [5, 5.41) is 0. The maximum Gasteiger partial charge on any atom is 0.259 e. The van der Waals surface area contributed by atoms with Gasteiger partial charge in [-0.05, 0) is 11.1 Å². The van der Waals surface area contributed by atoms with Crippen molar-refractivity contribution in [2.24, 2.45) is 0 Å². The number of imide groups is 1. The van der Waals surface area contributed by atoms with Crippen molar-refractivity contribution in [3.05, 3.63) is 71.8 Å². The molecule has 1 atom stereocenters. The third kappa shape index (κ3) is 3.23. The molecule has 1 aliphatic rings. The molecule has 1 heterocycles. The molecule has 1 saturated heterocycles. The van der Waals surface area contributed by atoms with Gasteiger partial charge in [0.1, 0.15) is 6.10 Å². The quantitative estimate of drug-likeness (QED) is 0.796. The minimum absolute atomic E-state index is 0.124. The van der Waals surface area contributed by atoms with Crippen LogP contribution in [0, 0.1) is 0 Å². The van der Waals surface area contributed by atoms with Crippen molar-refractivity contribution in [2.45, 2.75) is 25.7 Å². The first-order valence-corrected chi connectivity index (χ1v) is 7.28. The number of hydrogen-bond donors (Lipinski definition) is 0. The van der Waals surface area contributed by atoms with E-state index in [1.165, 1.54) is 4.90 Å². The zero-order valence-electron chi connectivity index (χ0n) is 12.1. The first kappa shape index (κ1) is 14.5. The van der Waals surface area contributed by atoms with Gasteiger partial charge in [-0.15, -0.1) is 0 Å². The molecule has 0 radical (unpaired) electrons. The maximum atomic E-state index is 12.3. The lowest BCUT2D eigenvalue weighted by Crippen LogP contribution is -2.32. The van der Waals surface area contributed by atoms with Crippen molar-refractivity contribution in [1.82, 2.24) is 4.90 Å². The molecule has 2 amide bonds. The van der Waals surface area contributed by atoms with E-state index in [4.69, 9.17) is 4.74 Å². The summed E-state index contributed by atoms with van der Waals surface area (Å²) < 4.78 is 5.63. The average molecular weight is 295 g/mol. The van der Waals surface area contributed by atoms with E-state index in [0.29, 0.717) is 13.2 Å². The number of carbonyl (C=O) groups is 2. The van der Waals surface area contributed by atoms with Gasteiger partial charge in [-0.1, -0.05) is 60.7 Å². The van der Waals surface area contributed by atoms with Gasteiger partial charge in [0.05, 0.1) is 19.6 Å². The van der Waals surface area contributed by atoms with E-state index in [1.807, 2.05) is 60.7 Å². The third-order valence-electron chi connectivity index (χ3n) is 3.68. The molecule has 1 fully saturated rings. The van der Waals surface area contributed by atoms with Crippen molar-refractivity contribution < 1.29 is 14.3 Å². The number of nitrogens with zero attached hydrogens (tertiary/aromatic N) is 1. The van der Waals surface area contributed by atoms with Gasteiger partial charge in [0.2, 0.25) is 5.91 Å². The Morgan fingerprint density at radius 1 is 0.909 bits per heavy atom. The van der Waals surface area contributed by atoms with Crippen molar-refractivity contribution in [1.29, 1.82) is 0 Å². The van der Waals surface area contributed by atoms with Crippen molar-refractivity contribution in [3.63, 3.8) is 0 Å². The van der Waals surface area contributed by atoms with E-state index >= 15 is 0 Å². The molecule has 1 aliphatic heterocycles. The van der Waals surface area contributed by atoms with Gasteiger partial charge in [-0.25, -0.2) is 0 Å². The highest BCUT2D eigenvalue weighted by Crippen LogP contribution is 2.20. The lowest BCUT2D eigenvalue weighted by Gasteiger charge is -2.15. The summed E-state index contributed by atoms with van der Waals surface area (Å²) in [5.41, 5.74) is 1.93. The standard InChI is InChI=1S/C18H17NO3/c20-17-11-16(22-13-15-9-5-2-6-10-15)18(21)19(17)12-14-7-3-1-4-8-14/h1-10,16H,11-13H2. The van der Waals surface area contributed by atoms with Crippen LogP contribution in [0.15, 0.2) is 60.7 Å². The Labute approximate surface area is 129 Å². The molecular weight excluding hydrogens is 278 g/mol. The SMILES string of the molecule is O=C1CC(OCc2ccccc2)C(=O)N1Cc1ccccc1. The van der Waals surface area contributed by atoms with Crippen LogP contribution in [-0.4, -0.2) is 22.8 Å². The highest BCUT2D eigenvalue weighted by atomic mass is 16.5. The summed E-state index contributed by atoms with van der Waals surface area (Å²) in [4.78, 5) is 25.6. The van der Waals surface area contributed by atoms with Crippen LogP contribution < -0.4 is 0 Å². The van der Waals surface area contributed by atoms with E-state index in [9.17, 15) is 9.59 Å². The second-order valence-electron chi connectivity index (χ2n) is 5.29. The highest BCUT2D eigenvalue weighted by Gasteiger charge is 2.39. The monoisotopic (exact) mass is 295 g/mol. The summed E-state index contributed by atoms with van der Waals surface area (Å²) in [6, 6.07) is 19.1. The second kappa shape index (κ2) is 6.54. The molecule has 2 aromatic carbocycles. The Balaban J connectivity index is 1.61. The topological polar surface area (TPSA) is 46.6 Å². The fraction of sp³-hybridized carbons (Fsp3) is 0.222. The van der Waals surface area contributed by atoms with E-state index in [-0.39, 0.29) is 18.2 Å². The molecule has 0 N–H and O–H groups in total. The van der Waals surface area contributed by atoms with Crippen LogP contribution in [0.3, 0.4) is 0 Å². The third-order valence-corrected chi connectivity index (χ3v) is 3.68. The Morgan fingerprint density at radius 3 is 2.14 bits per heavy atom. The predicted octanol–water partition coefficient (Wildman–Crippen LogP) is 2.53. The predicted molar refractivity (Wildman–Crippen MR) is 81.6 cm³/mol. The Kier molecular flexibility index (Phi) is 4.30. The molecule has 0 bridgehead atoms. The van der Waals surface area contributed by atoms with Gasteiger partial charge in [0.25, 0.3) is 5.91 Å². The van der Waals surface area contributed by atoms with Gasteiger partial charge >= 0.3 is 0 Å². The van der Waals surface area contributed by atoms with E-state index < -0.39 is 6.10 Å². The summed E-state index contributed by atoms with van der Waals surface area (Å²) >= 11 is 0. The lowest BCUT2D eigenvalue weighted by molar-refractivity contribution is -0.143. The van der Waals surface area contributed by atoms with Crippen LogP contribution in [0.2, 0.25) is 0 Å². The molecule has 4 nitrogen and oxygen atoms in total. The van der Waals surface area contributed by atoms with Crippen LogP contribution in [0.1, 0.15) is 17.5 Å². The Morgan fingerprint density at radius 2 is 1.50 bits per heavy atom. The van der Waals surface area contributed by atoms with Gasteiger partial charge < -0.3 is 4.74 Å². The lowest BCUT2D eigenvalue weighted by atomic mass is 10.2. The number of likely N-dealkylation sites (tertiary alicyclic amines) is 1. The molecule has 1 unspecified atom stereocenters. The van der Waals surface area contributed by atoms with Gasteiger partial charge in [-0.2, -0.15) is 0 Å². The summed E-state index contributed by atoms with van der Waals surface area (Å²) in [7, 11) is 0. The van der Waals surface area contributed by atoms with Crippen LogP contribution in [-0.2, 0) is 27.5 Å². The van der Waals surface area contributed by atoms with Crippen molar-refractivity contribution in [2.75, 3.05) is 0 Å². The molecule has 0 aliphatic carbocycles. The second-order valence-corrected chi connectivity index (χ2v) is 5.29. The van der Waals surface area contributed by atoms with Crippen molar-refractivity contribution in [3.8, 4) is 0 Å². The number of benzene rings is 2. The highest BCUT2D eigenvalue weighted by molar-refractivity contribution is 6.04. The van der Waals surface area contributed by atoms with Crippen LogP contribution in [0.4, 0.5) is 0 Å². The maximum absolute atomic E-state index is 12.3. The van der Waals surface area contributed by atoms with E-state index in [0.717, 1.165) is 11.1 Å². The number of carbonyl (C=O) groups excluding carboxylic acids is 2. The summed E-state index contributed by atoms with van der Waals surface area (Å²) in [5.74, 6) is -0.420. The average Bonchev–Trinajstić information content (AvgIpc) is 2.82. The van der Waals surface area contributed by atoms with Crippen LogP contribution in [0.25, 0.3) is 0 Å². The Bertz CT molecular complexity index is 655. The molecule has 3 rings (SSSR count). The van der Waals surface area contributed by atoms with Gasteiger partial charge in [-0.3, -0.25) is 14.5 Å². The first-order valence-electron chi connectivity index (χ1n) is 7.28. The summed E-state index contributed by atoms with van der Waals surface area (Å²) in [6.07, 6.45) is -0.546. The largest absolute Gasteiger partial charge is 0.363 e. The van der Waals surface area contributed by atoms with Crippen molar-refractivity contribution >= 4 is 11.8 Å². The fourth-order valence-corrected chi connectivity index (χ4v) is 2.49. The molecule has 112 valence electrons. The van der Waals surface area contributed by atoms with Gasteiger partial charge in [0, 0.05) is 0 Å². The molecule has 4 heteroatoms. The summed E-state index contributed by atoms with van der Waals surface area (Å²) in [6.45, 7) is 0.646. The van der Waals surface area contributed by atoms with E-state index in [2.05, 4.69) is 0 Å². The number of amides is 2. The molecule has 0 spiro atoms. The van der Waals surface area contributed by atoms with Gasteiger partial charge in [0.15, 0.2) is 0 Å². The molecular formula is C18H17NO3. The smallest absolute Gasteiger partial charge is 0.259 e. The fourth-order valence-electron chi connectivity index (χ4n) is 2.49. The normalized spacial score (nSPS) is 18.0. The minimum Gasteiger partial charge on any atom is -0.363 e. The molecule has 0 saturated carbocycles. The number of ether oxygens (including phenoxy) is 1. The number of hydrogen-bond acceptors (Lipinski definition) is 3. The zero-order valence-corrected chi connectivity index (χ0v) is 12.1. The zero-order chi connectivity index (χ0) is 15.4. The molecule has 22 heavy (non-hydrogen) atoms. The molecule has 2 aromatic rings. The molecule has 0 aromatic heterocycles. The van der Waals surface area contributed by atoms with Crippen LogP contribution in [0.5, 0.6) is 0 Å². The minimum atomic E-state index is -0.670.